The first kappa shape index (κ1) is 16.2. The van der Waals surface area contributed by atoms with Gasteiger partial charge in [-0.3, -0.25) is 0 Å². The van der Waals surface area contributed by atoms with E-state index in [2.05, 4.69) is 52.6 Å². The number of nitrogens with zero attached hydrogens (tertiary/aromatic N) is 1. The van der Waals surface area contributed by atoms with Crippen molar-refractivity contribution in [3.05, 3.63) is 33.9 Å². The Labute approximate surface area is 119 Å². The first-order valence-electron chi connectivity index (χ1n) is 7.31. The van der Waals surface area contributed by atoms with Crippen LogP contribution in [0.3, 0.4) is 0 Å². The molecule has 0 saturated carbocycles. The molecule has 0 heterocycles. The van der Waals surface area contributed by atoms with Crippen LogP contribution < -0.4 is 5.73 Å². The lowest BCUT2D eigenvalue weighted by Gasteiger charge is -2.24. The Morgan fingerprint density at radius 2 is 1.63 bits per heavy atom. The molecule has 0 fully saturated rings. The van der Waals surface area contributed by atoms with Crippen LogP contribution in [0.2, 0.25) is 0 Å². The number of hydrogen-bond acceptors (Lipinski definition) is 2. The van der Waals surface area contributed by atoms with Gasteiger partial charge in [0.25, 0.3) is 0 Å². The van der Waals surface area contributed by atoms with E-state index in [1.807, 2.05) is 0 Å². The minimum atomic E-state index is 0.668. The van der Waals surface area contributed by atoms with Crippen LogP contribution in [0.4, 0.5) is 0 Å². The van der Waals surface area contributed by atoms with Crippen LogP contribution in [0.25, 0.3) is 0 Å². The third kappa shape index (κ3) is 4.32. The summed E-state index contributed by atoms with van der Waals surface area (Å²) < 4.78 is 0. The number of aryl methyl sites for hydroxylation is 2. The monoisotopic (exact) mass is 262 g/mol. The summed E-state index contributed by atoms with van der Waals surface area (Å²) in [6.07, 6.45) is 1.11. The van der Waals surface area contributed by atoms with Crippen LogP contribution in [0.1, 0.15) is 41.2 Å². The predicted octanol–water partition coefficient (Wildman–Crippen LogP) is 3.34. The largest absolute Gasteiger partial charge is 0.330 e. The van der Waals surface area contributed by atoms with Gasteiger partial charge in [0.15, 0.2) is 0 Å². The summed E-state index contributed by atoms with van der Waals surface area (Å²) in [5.41, 5.74) is 12.8. The van der Waals surface area contributed by atoms with Gasteiger partial charge in [-0.1, -0.05) is 13.0 Å². The fraction of sp³-hybridized carbons (Fsp3) is 0.647. The second-order valence-electron chi connectivity index (χ2n) is 6.12. The van der Waals surface area contributed by atoms with E-state index in [0.29, 0.717) is 5.92 Å². The Bertz CT molecular complexity index is 398. The average molecular weight is 262 g/mol. The van der Waals surface area contributed by atoms with Gasteiger partial charge in [0.1, 0.15) is 0 Å². The van der Waals surface area contributed by atoms with E-state index in [1.165, 1.54) is 27.8 Å². The molecule has 2 heteroatoms. The minimum Gasteiger partial charge on any atom is -0.330 e. The average Bonchev–Trinajstić information content (AvgIpc) is 2.32. The fourth-order valence-corrected chi connectivity index (χ4v) is 2.78. The fourth-order valence-electron chi connectivity index (χ4n) is 2.78. The zero-order valence-corrected chi connectivity index (χ0v) is 13.5. The van der Waals surface area contributed by atoms with Crippen LogP contribution in [-0.2, 0) is 6.54 Å². The molecule has 0 amide bonds. The third-order valence-corrected chi connectivity index (χ3v) is 4.23. The van der Waals surface area contributed by atoms with Crippen molar-refractivity contribution in [2.75, 3.05) is 20.1 Å². The molecule has 1 atom stereocenters. The van der Waals surface area contributed by atoms with Crippen molar-refractivity contribution < 1.29 is 0 Å². The maximum absolute atomic E-state index is 5.63. The molecule has 1 aromatic rings. The van der Waals surface area contributed by atoms with E-state index >= 15 is 0 Å². The van der Waals surface area contributed by atoms with Crippen LogP contribution in [0.15, 0.2) is 6.07 Å². The molecule has 108 valence electrons. The number of rotatable bonds is 6. The van der Waals surface area contributed by atoms with Gasteiger partial charge in [0.2, 0.25) is 0 Å². The highest BCUT2D eigenvalue weighted by atomic mass is 15.1. The van der Waals surface area contributed by atoms with Crippen LogP contribution in [0, 0.1) is 33.6 Å². The topological polar surface area (TPSA) is 29.3 Å². The SMILES string of the molecule is Cc1cc(C)c(C)c(CN(C)CC(C)CCN)c1C. The quantitative estimate of drug-likeness (QED) is 0.852. The second-order valence-corrected chi connectivity index (χ2v) is 6.12. The van der Waals surface area contributed by atoms with Gasteiger partial charge in [-0.15, -0.1) is 0 Å². The van der Waals surface area contributed by atoms with Crippen molar-refractivity contribution in [2.24, 2.45) is 11.7 Å². The molecule has 1 unspecified atom stereocenters. The van der Waals surface area contributed by atoms with E-state index in [0.717, 1.165) is 26.1 Å². The van der Waals surface area contributed by atoms with Crippen molar-refractivity contribution in [3.8, 4) is 0 Å². The maximum atomic E-state index is 5.63. The standard InChI is InChI=1S/C17H30N2/c1-12(7-8-18)10-19(6)11-17-15(4)13(2)9-14(3)16(17)5/h9,12H,7-8,10-11,18H2,1-6H3. The molecular weight excluding hydrogens is 232 g/mol. The molecule has 0 aliphatic carbocycles. The first-order valence-corrected chi connectivity index (χ1v) is 7.31. The summed E-state index contributed by atoms with van der Waals surface area (Å²) >= 11 is 0. The molecule has 0 spiro atoms. The lowest BCUT2D eigenvalue weighted by Crippen LogP contribution is -2.26. The van der Waals surface area contributed by atoms with Gasteiger partial charge >= 0.3 is 0 Å². The lowest BCUT2D eigenvalue weighted by molar-refractivity contribution is 0.272. The maximum Gasteiger partial charge on any atom is 0.0236 e. The van der Waals surface area contributed by atoms with Crippen LogP contribution in [0.5, 0.6) is 0 Å². The summed E-state index contributed by atoms with van der Waals surface area (Å²) in [5.74, 6) is 0.668. The van der Waals surface area contributed by atoms with Crippen molar-refractivity contribution >= 4 is 0 Å². The summed E-state index contributed by atoms with van der Waals surface area (Å²) in [7, 11) is 2.21. The molecule has 19 heavy (non-hydrogen) atoms. The van der Waals surface area contributed by atoms with Gasteiger partial charge in [-0.05, 0) is 81.4 Å². The Morgan fingerprint density at radius 3 is 2.11 bits per heavy atom. The number of hydrogen-bond donors (Lipinski definition) is 1. The Balaban J connectivity index is 2.82. The molecule has 0 radical (unpaired) electrons. The normalized spacial score (nSPS) is 13.1. The van der Waals surface area contributed by atoms with Crippen molar-refractivity contribution in [1.29, 1.82) is 0 Å². The Morgan fingerprint density at radius 1 is 1.11 bits per heavy atom. The zero-order chi connectivity index (χ0) is 14.6. The van der Waals surface area contributed by atoms with Gasteiger partial charge < -0.3 is 10.6 Å². The molecule has 0 aromatic heterocycles. The van der Waals surface area contributed by atoms with Gasteiger partial charge in [-0.25, -0.2) is 0 Å². The third-order valence-electron chi connectivity index (χ3n) is 4.23. The highest BCUT2D eigenvalue weighted by Crippen LogP contribution is 2.23. The minimum absolute atomic E-state index is 0.668. The van der Waals surface area contributed by atoms with Crippen LogP contribution >= 0.6 is 0 Å². The highest BCUT2D eigenvalue weighted by molar-refractivity contribution is 5.43. The molecule has 1 aromatic carbocycles. The summed E-state index contributed by atoms with van der Waals surface area (Å²) in [5, 5.41) is 0. The Hall–Kier alpha value is -0.860. The molecule has 0 bridgehead atoms. The van der Waals surface area contributed by atoms with E-state index in [4.69, 9.17) is 5.73 Å². The first-order chi connectivity index (χ1) is 8.86. The van der Waals surface area contributed by atoms with Crippen molar-refractivity contribution in [3.63, 3.8) is 0 Å². The van der Waals surface area contributed by atoms with Crippen molar-refractivity contribution in [1.82, 2.24) is 4.90 Å². The predicted molar refractivity (Wildman–Crippen MR) is 84.6 cm³/mol. The molecule has 1 rings (SSSR count). The molecule has 0 aliphatic rings. The van der Waals surface area contributed by atoms with E-state index in [9.17, 15) is 0 Å². The van der Waals surface area contributed by atoms with E-state index in [1.54, 1.807) is 0 Å². The molecule has 2 N–H and O–H groups in total. The lowest BCUT2D eigenvalue weighted by atomic mass is 9.94. The highest BCUT2D eigenvalue weighted by Gasteiger charge is 2.12. The molecule has 0 saturated heterocycles. The van der Waals surface area contributed by atoms with Gasteiger partial charge in [0, 0.05) is 13.1 Å². The van der Waals surface area contributed by atoms with Gasteiger partial charge in [0.05, 0.1) is 0 Å². The Kier molecular flexibility index (Phi) is 6.02. The molecule has 2 nitrogen and oxygen atoms in total. The van der Waals surface area contributed by atoms with E-state index in [-0.39, 0.29) is 0 Å². The number of nitrogens with two attached hydrogens (primary N) is 1. The van der Waals surface area contributed by atoms with Crippen molar-refractivity contribution in [2.45, 2.75) is 47.6 Å². The molecular formula is C17H30N2. The second kappa shape index (κ2) is 7.06. The zero-order valence-electron chi connectivity index (χ0n) is 13.5. The number of benzene rings is 1. The summed E-state index contributed by atoms with van der Waals surface area (Å²) in [6, 6.07) is 2.30. The van der Waals surface area contributed by atoms with Crippen LogP contribution in [-0.4, -0.2) is 25.0 Å². The smallest absolute Gasteiger partial charge is 0.0236 e. The van der Waals surface area contributed by atoms with E-state index < -0.39 is 0 Å². The molecule has 0 aliphatic heterocycles. The summed E-state index contributed by atoms with van der Waals surface area (Å²) in [6.45, 7) is 14.1. The summed E-state index contributed by atoms with van der Waals surface area (Å²) in [4.78, 5) is 2.43. The van der Waals surface area contributed by atoms with Gasteiger partial charge in [-0.2, -0.15) is 0 Å².